The van der Waals surface area contributed by atoms with Crippen LogP contribution in [0, 0.1) is 11.5 Å². The maximum atomic E-state index is 9.31. The van der Waals surface area contributed by atoms with Crippen molar-refractivity contribution in [2.75, 3.05) is 11.4 Å². The van der Waals surface area contributed by atoms with E-state index in [0.717, 1.165) is 5.39 Å². The first-order chi connectivity index (χ1) is 9.90. The van der Waals surface area contributed by atoms with Crippen LogP contribution in [0.2, 0.25) is 0 Å². The Hall–Kier alpha value is -3.14. The average molecular weight is 261 g/mol. The van der Waals surface area contributed by atoms with Crippen LogP contribution in [0.3, 0.4) is 0 Å². The molecule has 0 amide bonds. The zero-order valence-corrected chi connectivity index (χ0v) is 10.2. The minimum Gasteiger partial charge on any atom is -0.271 e. The molecule has 1 aromatic carbocycles. The predicted octanol–water partition coefficient (Wildman–Crippen LogP) is 1.58. The molecule has 0 saturated heterocycles. The van der Waals surface area contributed by atoms with E-state index >= 15 is 0 Å². The molecule has 0 saturated carbocycles. The maximum Gasteiger partial charge on any atom is 0.184 e. The van der Waals surface area contributed by atoms with Gasteiger partial charge >= 0.3 is 0 Å². The number of aromatic nitrogens is 4. The number of aliphatic imine (C=N–C) groups is 1. The van der Waals surface area contributed by atoms with Crippen molar-refractivity contribution in [2.24, 2.45) is 4.99 Å². The molecule has 0 bridgehead atoms. The number of fused-ring (bicyclic) bond motifs is 6. The Morgan fingerprint density at radius 2 is 1.95 bits per heavy atom. The maximum absolute atomic E-state index is 9.31. The molecule has 0 radical (unpaired) electrons. The van der Waals surface area contributed by atoms with E-state index in [2.05, 4.69) is 31.1 Å². The van der Waals surface area contributed by atoms with Crippen LogP contribution in [0.5, 0.6) is 0 Å². The molecule has 0 atom stereocenters. The molecule has 1 aliphatic heterocycles. The Morgan fingerprint density at radius 1 is 1.10 bits per heavy atom. The molecular formula is C13H7N7. The number of hydrogen-bond donors (Lipinski definition) is 0. The van der Waals surface area contributed by atoms with Gasteiger partial charge in [-0.05, 0) is 0 Å². The SMILES string of the molecule is N#CN1CC=Nc2c1c1cncnc1c1nccnc21. The third-order valence-corrected chi connectivity index (χ3v) is 3.21. The third-order valence-electron chi connectivity index (χ3n) is 3.21. The molecule has 3 heterocycles. The largest absolute Gasteiger partial charge is 0.271 e. The molecule has 0 aliphatic carbocycles. The lowest BCUT2D eigenvalue weighted by Gasteiger charge is -2.22. The van der Waals surface area contributed by atoms with E-state index in [-0.39, 0.29) is 0 Å². The van der Waals surface area contributed by atoms with E-state index in [9.17, 15) is 5.26 Å². The van der Waals surface area contributed by atoms with Gasteiger partial charge in [0.2, 0.25) is 0 Å². The van der Waals surface area contributed by atoms with Gasteiger partial charge in [0.15, 0.2) is 6.19 Å². The Labute approximate surface area is 113 Å². The smallest absolute Gasteiger partial charge is 0.184 e. The normalized spacial score (nSPS) is 13.4. The third kappa shape index (κ3) is 1.30. The highest BCUT2D eigenvalue weighted by Crippen LogP contribution is 2.42. The Morgan fingerprint density at radius 3 is 2.80 bits per heavy atom. The van der Waals surface area contributed by atoms with Crippen molar-refractivity contribution < 1.29 is 0 Å². The number of hydrogen-bond acceptors (Lipinski definition) is 7. The monoisotopic (exact) mass is 261 g/mol. The van der Waals surface area contributed by atoms with Crippen molar-refractivity contribution in [3.63, 3.8) is 0 Å². The first kappa shape index (κ1) is 10.8. The van der Waals surface area contributed by atoms with Crippen LogP contribution in [0.25, 0.3) is 21.9 Å². The summed E-state index contributed by atoms with van der Waals surface area (Å²) in [7, 11) is 0. The van der Waals surface area contributed by atoms with Crippen molar-refractivity contribution in [3.05, 3.63) is 24.9 Å². The molecule has 0 fully saturated rings. The first-order valence-electron chi connectivity index (χ1n) is 5.96. The summed E-state index contributed by atoms with van der Waals surface area (Å²) >= 11 is 0. The summed E-state index contributed by atoms with van der Waals surface area (Å²) < 4.78 is 0. The summed E-state index contributed by atoms with van der Waals surface area (Å²) in [4.78, 5) is 23.0. The first-order valence-corrected chi connectivity index (χ1v) is 5.96. The number of rotatable bonds is 0. The number of anilines is 1. The standard InChI is InChI=1S/C13H7N7/c14-6-20-4-3-18-12-11-10(16-1-2-17-11)9-8(13(12)20)5-15-7-19-9/h1-3,5,7H,4H2. The summed E-state index contributed by atoms with van der Waals surface area (Å²) in [5.74, 6) is 0. The van der Waals surface area contributed by atoms with Crippen LogP contribution in [0.4, 0.5) is 11.4 Å². The van der Waals surface area contributed by atoms with E-state index < -0.39 is 0 Å². The van der Waals surface area contributed by atoms with Crippen molar-refractivity contribution in [3.8, 4) is 6.19 Å². The molecule has 4 rings (SSSR count). The van der Waals surface area contributed by atoms with Gasteiger partial charge in [0, 0.05) is 30.2 Å². The van der Waals surface area contributed by atoms with Crippen LogP contribution in [-0.4, -0.2) is 32.7 Å². The summed E-state index contributed by atoms with van der Waals surface area (Å²) in [6, 6.07) is 0. The van der Waals surface area contributed by atoms with Gasteiger partial charge in [0.1, 0.15) is 28.6 Å². The topological polar surface area (TPSA) is 91.0 Å². The zero-order chi connectivity index (χ0) is 13.5. The van der Waals surface area contributed by atoms with Crippen LogP contribution in [0.1, 0.15) is 0 Å². The molecule has 0 unspecified atom stereocenters. The van der Waals surface area contributed by atoms with Gasteiger partial charge in [-0.2, -0.15) is 5.26 Å². The van der Waals surface area contributed by atoms with Gasteiger partial charge in [-0.15, -0.1) is 0 Å². The molecule has 94 valence electrons. The van der Waals surface area contributed by atoms with E-state index in [0.29, 0.717) is 34.5 Å². The lowest BCUT2D eigenvalue weighted by molar-refractivity contribution is 1.12. The van der Waals surface area contributed by atoms with Crippen molar-refractivity contribution in [1.29, 1.82) is 5.26 Å². The van der Waals surface area contributed by atoms with Crippen LogP contribution < -0.4 is 4.90 Å². The second kappa shape index (κ2) is 3.93. The Bertz CT molecular complexity index is 910. The molecule has 1 aliphatic rings. The highest BCUT2D eigenvalue weighted by atomic mass is 15.2. The van der Waals surface area contributed by atoms with Gasteiger partial charge in [0.25, 0.3) is 0 Å². The number of nitriles is 1. The quantitative estimate of drug-likeness (QED) is 0.450. The van der Waals surface area contributed by atoms with Gasteiger partial charge in [-0.3, -0.25) is 19.9 Å². The molecule has 7 heteroatoms. The lowest BCUT2D eigenvalue weighted by Crippen LogP contribution is -2.22. The fourth-order valence-corrected chi connectivity index (χ4v) is 2.41. The van der Waals surface area contributed by atoms with Crippen molar-refractivity contribution >= 4 is 39.5 Å². The van der Waals surface area contributed by atoms with E-state index in [1.807, 2.05) is 0 Å². The van der Waals surface area contributed by atoms with Crippen molar-refractivity contribution in [2.45, 2.75) is 0 Å². The average Bonchev–Trinajstić information content (AvgIpc) is 2.54. The highest BCUT2D eigenvalue weighted by Gasteiger charge is 2.23. The highest BCUT2D eigenvalue weighted by molar-refractivity contribution is 6.16. The lowest BCUT2D eigenvalue weighted by atomic mass is 10.1. The zero-order valence-electron chi connectivity index (χ0n) is 10.2. The Kier molecular flexibility index (Phi) is 2.11. The van der Waals surface area contributed by atoms with Crippen LogP contribution in [0.15, 0.2) is 29.9 Å². The molecular weight excluding hydrogens is 254 g/mol. The predicted molar refractivity (Wildman–Crippen MR) is 73.7 cm³/mol. The molecule has 7 nitrogen and oxygen atoms in total. The minimum atomic E-state index is 0.430. The van der Waals surface area contributed by atoms with E-state index in [4.69, 9.17) is 0 Å². The van der Waals surface area contributed by atoms with E-state index in [1.54, 1.807) is 29.7 Å². The molecule has 0 N–H and O–H groups in total. The minimum absolute atomic E-state index is 0.430. The summed E-state index contributed by atoms with van der Waals surface area (Å²) in [6.07, 6.45) is 10.2. The van der Waals surface area contributed by atoms with Crippen molar-refractivity contribution in [1.82, 2.24) is 19.9 Å². The number of nitrogens with zero attached hydrogens (tertiary/aromatic N) is 7. The fraction of sp³-hybridized carbons (Fsp3) is 0.0769. The fourth-order valence-electron chi connectivity index (χ4n) is 2.41. The number of benzene rings is 1. The second-order valence-electron chi connectivity index (χ2n) is 4.26. The molecule has 2 aromatic heterocycles. The van der Waals surface area contributed by atoms with Crippen LogP contribution in [-0.2, 0) is 0 Å². The van der Waals surface area contributed by atoms with Gasteiger partial charge in [-0.1, -0.05) is 0 Å². The summed E-state index contributed by atoms with van der Waals surface area (Å²) in [6.45, 7) is 0.430. The van der Waals surface area contributed by atoms with Gasteiger partial charge in [0.05, 0.1) is 12.2 Å². The van der Waals surface area contributed by atoms with Gasteiger partial charge in [-0.25, -0.2) is 9.97 Å². The van der Waals surface area contributed by atoms with Gasteiger partial charge < -0.3 is 0 Å². The molecule has 20 heavy (non-hydrogen) atoms. The molecule has 3 aromatic rings. The summed E-state index contributed by atoms with van der Waals surface area (Å²) in [5, 5.41) is 10.1. The second-order valence-corrected chi connectivity index (χ2v) is 4.26. The van der Waals surface area contributed by atoms with Crippen LogP contribution >= 0.6 is 0 Å². The van der Waals surface area contributed by atoms with E-state index in [1.165, 1.54) is 6.33 Å². The Balaban J connectivity index is 2.30. The summed E-state index contributed by atoms with van der Waals surface area (Å²) in [5.41, 5.74) is 3.33. The molecule has 0 spiro atoms.